The zero-order valence-corrected chi connectivity index (χ0v) is 10.3. The van der Waals surface area contributed by atoms with Crippen molar-refractivity contribution < 1.29 is 18.7 Å². The minimum absolute atomic E-state index is 0.156. The molecule has 0 radical (unpaired) electrons. The molecule has 0 aliphatic heterocycles. The van der Waals surface area contributed by atoms with E-state index in [1.165, 1.54) is 24.3 Å². The fourth-order valence-corrected chi connectivity index (χ4v) is 2.01. The van der Waals surface area contributed by atoms with Crippen LogP contribution in [0.15, 0.2) is 46.9 Å². The highest BCUT2D eigenvalue weighted by atomic mass is 19.1. The van der Waals surface area contributed by atoms with Crippen molar-refractivity contribution in [3.63, 3.8) is 0 Å². The summed E-state index contributed by atoms with van der Waals surface area (Å²) >= 11 is 0. The summed E-state index contributed by atoms with van der Waals surface area (Å²) < 4.78 is 18.6. The molecule has 4 nitrogen and oxygen atoms in total. The topological polar surface area (TPSA) is 63.3 Å². The van der Waals surface area contributed by atoms with Crippen LogP contribution in [-0.2, 0) is 6.42 Å². The number of oxazole rings is 1. The maximum atomic E-state index is 13.1. The van der Waals surface area contributed by atoms with Crippen LogP contribution in [0.4, 0.5) is 4.39 Å². The van der Waals surface area contributed by atoms with Gasteiger partial charge in [0.15, 0.2) is 11.5 Å². The van der Waals surface area contributed by atoms with Crippen LogP contribution in [-0.4, -0.2) is 16.1 Å². The number of aromatic carboxylic acids is 1. The average Bonchev–Trinajstić information content (AvgIpc) is 2.79. The molecule has 0 aliphatic carbocycles. The Balaban J connectivity index is 1.95. The first-order valence-corrected chi connectivity index (χ1v) is 5.99. The lowest BCUT2D eigenvalue weighted by atomic mass is 10.1. The third kappa shape index (κ3) is 2.38. The van der Waals surface area contributed by atoms with Crippen molar-refractivity contribution in [2.24, 2.45) is 0 Å². The van der Waals surface area contributed by atoms with E-state index in [2.05, 4.69) is 4.98 Å². The third-order valence-corrected chi connectivity index (χ3v) is 2.92. The smallest absolute Gasteiger partial charge is 0.335 e. The Morgan fingerprint density at radius 1 is 1.25 bits per heavy atom. The highest BCUT2D eigenvalue weighted by Gasteiger charge is 2.10. The van der Waals surface area contributed by atoms with Crippen LogP contribution in [0, 0.1) is 5.82 Å². The number of carbonyl (C=O) groups is 1. The second-order valence-electron chi connectivity index (χ2n) is 4.40. The molecule has 1 heterocycles. The molecular weight excluding hydrogens is 261 g/mol. The molecule has 0 amide bonds. The summed E-state index contributed by atoms with van der Waals surface area (Å²) in [7, 11) is 0. The molecule has 0 saturated heterocycles. The van der Waals surface area contributed by atoms with Crippen molar-refractivity contribution in [1.82, 2.24) is 4.98 Å². The highest BCUT2D eigenvalue weighted by molar-refractivity contribution is 5.91. The van der Waals surface area contributed by atoms with Gasteiger partial charge >= 0.3 is 5.97 Å². The van der Waals surface area contributed by atoms with Gasteiger partial charge in [0, 0.05) is 6.42 Å². The van der Waals surface area contributed by atoms with E-state index in [0.29, 0.717) is 23.4 Å². The van der Waals surface area contributed by atoms with Crippen molar-refractivity contribution in [3.05, 3.63) is 65.3 Å². The van der Waals surface area contributed by atoms with E-state index < -0.39 is 5.97 Å². The fraction of sp³-hybridized carbons (Fsp3) is 0.0667. The number of fused-ring (bicyclic) bond motifs is 1. The maximum absolute atomic E-state index is 13.1. The molecule has 100 valence electrons. The summed E-state index contributed by atoms with van der Waals surface area (Å²) in [5.41, 5.74) is 1.90. The molecule has 0 bridgehead atoms. The quantitative estimate of drug-likeness (QED) is 0.794. The second-order valence-corrected chi connectivity index (χ2v) is 4.40. The number of nitrogens with zero attached hydrogens (tertiary/aromatic N) is 1. The van der Waals surface area contributed by atoms with Crippen molar-refractivity contribution in [2.45, 2.75) is 6.42 Å². The summed E-state index contributed by atoms with van der Waals surface area (Å²) in [4.78, 5) is 15.1. The van der Waals surface area contributed by atoms with Gasteiger partial charge in [0.1, 0.15) is 11.3 Å². The van der Waals surface area contributed by atoms with Gasteiger partial charge in [-0.15, -0.1) is 0 Å². The van der Waals surface area contributed by atoms with E-state index in [-0.39, 0.29) is 11.4 Å². The number of halogens is 1. The van der Waals surface area contributed by atoms with Gasteiger partial charge in [0.25, 0.3) is 0 Å². The lowest BCUT2D eigenvalue weighted by molar-refractivity contribution is 0.0697. The Hall–Kier alpha value is -2.69. The molecule has 0 spiro atoms. The molecule has 3 rings (SSSR count). The molecule has 0 aliphatic rings. The molecule has 0 unspecified atom stereocenters. The first-order valence-electron chi connectivity index (χ1n) is 5.99. The Bertz CT molecular complexity index is 795. The summed E-state index contributed by atoms with van der Waals surface area (Å²) in [6.45, 7) is 0. The monoisotopic (exact) mass is 271 g/mol. The van der Waals surface area contributed by atoms with Gasteiger partial charge in [-0.2, -0.15) is 0 Å². The van der Waals surface area contributed by atoms with Crippen molar-refractivity contribution >= 4 is 17.1 Å². The fourth-order valence-electron chi connectivity index (χ4n) is 2.01. The number of aromatic nitrogens is 1. The first kappa shape index (κ1) is 12.3. The van der Waals surface area contributed by atoms with Crippen LogP contribution >= 0.6 is 0 Å². The lowest BCUT2D eigenvalue weighted by Crippen LogP contribution is -1.94. The van der Waals surface area contributed by atoms with E-state index in [9.17, 15) is 9.18 Å². The van der Waals surface area contributed by atoms with Crippen LogP contribution in [0.3, 0.4) is 0 Å². The second kappa shape index (κ2) is 4.77. The van der Waals surface area contributed by atoms with Gasteiger partial charge in [-0.05, 0) is 35.9 Å². The van der Waals surface area contributed by atoms with Gasteiger partial charge in [-0.1, -0.05) is 12.1 Å². The predicted molar refractivity (Wildman–Crippen MR) is 70.2 cm³/mol. The molecule has 1 N–H and O–H groups in total. The van der Waals surface area contributed by atoms with Gasteiger partial charge in [0.2, 0.25) is 0 Å². The normalized spacial score (nSPS) is 10.8. The summed E-state index contributed by atoms with van der Waals surface area (Å²) in [6.07, 6.45) is 0.356. The van der Waals surface area contributed by atoms with Crippen LogP contribution in [0.1, 0.15) is 21.8 Å². The molecule has 3 aromatic rings. The molecule has 0 atom stereocenters. The molecule has 2 aromatic carbocycles. The molecule has 0 saturated carbocycles. The molecule has 5 heteroatoms. The number of rotatable bonds is 3. The largest absolute Gasteiger partial charge is 0.478 e. The summed E-state index contributed by atoms with van der Waals surface area (Å²) in [6, 6.07) is 10.7. The molecule has 0 fully saturated rings. The van der Waals surface area contributed by atoms with Crippen molar-refractivity contribution in [2.75, 3.05) is 0 Å². The van der Waals surface area contributed by atoms with Crippen molar-refractivity contribution in [3.8, 4) is 0 Å². The van der Waals surface area contributed by atoms with Gasteiger partial charge in [-0.3, -0.25) is 0 Å². The minimum atomic E-state index is -1.01. The van der Waals surface area contributed by atoms with E-state index in [0.717, 1.165) is 5.56 Å². The van der Waals surface area contributed by atoms with E-state index in [1.54, 1.807) is 18.2 Å². The molecular formula is C15H10FNO3. The SMILES string of the molecule is O=C(O)c1ccc2oc(Cc3cccc(F)c3)nc2c1. The number of hydrogen-bond acceptors (Lipinski definition) is 3. The predicted octanol–water partition coefficient (Wildman–Crippen LogP) is 3.26. The Morgan fingerprint density at radius 3 is 2.85 bits per heavy atom. The molecule has 20 heavy (non-hydrogen) atoms. The Kier molecular flexibility index (Phi) is 2.95. The van der Waals surface area contributed by atoms with Crippen LogP contribution in [0.5, 0.6) is 0 Å². The Labute approximate surface area is 113 Å². The van der Waals surface area contributed by atoms with Gasteiger partial charge in [0.05, 0.1) is 5.56 Å². The average molecular weight is 271 g/mol. The van der Waals surface area contributed by atoms with Crippen LogP contribution < -0.4 is 0 Å². The summed E-state index contributed by atoms with van der Waals surface area (Å²) in [5.74, 6) is -0.901. The number of benzene rings is 2. The zero-order valence-electron chi connectivity index (χ0n) is 10.3. The standard InChI is InChI=1S/C15H10FNO3/c16-11-3-1-2-9(6-11)7-14-17-12-8-10(15(18)19)4-5-13(12)20-14/h1-6,8H,7H2,(H,18,19). The van der Waals surface area contributed by atoms with E-state index >= 15 is 0 Å². The third-order valence-electron chi connectivity index (χ3n) is 2.92. The van der Waals surface area contributed by atoms with Crippen molar-refractivity contribution in [1.29, 1.82) is 0 Å². The van der Waals surface area contributed by atoms with Gasteiger partial charge < -0.3 is 9.52 Å². The number of hydrogen-bond donors (Lipinski definition) is 1. The highest BCUT2D eigenvalue weighted by Crippen LogP contribution is 2.19. The first-order chi connectivity index (χ1) is 9.61. The number of carboxylic acids is 1. The lowest BCUT2D eigenvalue weighted by Gasteiger charge is -1.96. The van der Waals surface area contributed by atoms with E-state index in [4.69, 9.17) is 9.52 Å². The minimum Gasteiger partial charge on any atom is -0.478 e. The maximum Gasteiger partial charge on any atom is 0.335 e. The zero-order chi connectivity index (χ0) is 14.1. The van der Waals surface area contributed by atoms with Crippen LogP contribution in [0.25, 0.3) is 11.1 Å². The van der Waals surface area contributed by atoms with Crippen LogP contribution in [0.2, 0.25) is 0 Å². The van der Waals surface area contributed by atoms with Gasteiger partial charge in [-0.25, -0.2) is 14.2 Å². The van der Waals surface area contributed by atoms with E-state index in [1.807, 2.05) is 0 Å². The number of carboxylic acid groups (broad SMARTS) is 1. The Morgan fingerprint density at radius 2 is 2.10 bits per heavy atom. The molecule has 1 aromatic heterocycles. The summed E-state index contributed by atoms with van der Waals surface area (Å²) in [5, 5.41) is 8.92.